The van der Waals surface area contributed by atoms with Crippen LogP contribution in [0.1, 0.15) is 27.2 Å². The molecule has 2 rings (SSSR count). The maximum absolute atomic E-state index is 11.8. The third-order valence-corrected chi connectivity index (χ3v) is 2.51. The van der Waals surface area contributed by atoms with Gasteiger partial charge in [0.1, 0.15) is 5.60 Å². The van der Waals surface area contributed by atoms with Crippen LogP contribution in [0.25, 0.3) is 5.65 Å². The Morgan fingerprint density at radius 2 is 2.09 bits per heavy atom. The van der Waals surface area contributed by atoms with Gasteiger partial charge in [0.05, 0.1) is 0 Å². The number of fused-ring (bicyclic) bond motifs is 1. The lowest BCUT2D eigenvalue weighted by Crippen LogP contribution is -2.34. The van der Waals surface area contributed by atoms with Gasteiger partial charge in [-0.25, -0.2) is 9.31 Å². The van der Waals surface area contributed by atoms with Crippen molar-refractivity contribution in [3.05, 3.63) is 24.4 Å². The van der Waals surface area contributed by atoms with E-state index < -0.39 is 11.7 Å². The van der Waals surface area contributed by atoms with Gasteiger partial charge in [-0.3, -0.25) is 10.1 Å². The van der Waals surface area contributed by atoms with Gasteiger partial charge in [-0.15, -0.1) is 5.10 Å². The topological polar surface area (TPSA) is 97.6 Å². The highest BCUT2D eigenvalue weighted by Gasteiger charge is 2.16. The highest BCUT2D eigenvalue weighted by Crippen LogP contribution is 2.06. The molecule has 2 amide bonds. The highest BCUT2D eigenvalue weighted by molar-refractivity contribution is 5.89. The van der Waals surface area contributed by atoms with Crippen molar-refractivity contribution in [3.8, 4) is 0 Å². The van der Waals surface area contributed by atoms with Crippen molar-refractivity contribution >= 4 is 23.6 Å². The zero-order valence-electron chi connectivity index (χ0n) is 12.8. The molecule has 2 heterocycles. The average molecular weight is 305 g/mol. The number of alkyl carbamates (subject to hydrolysis) is 1. The van der Waals surface area contributed by atoms with E-state index in [4.69, 9.17) is 4.74 Å². The second kappa shape index (κ2) is 6.42. The first kappa shape index (κ1) is 15.7. The van der Waals surface area contributed by atoms with Crippen molar-refractivity contribution < 1.29 is 14.3 Å². The van der Waals surface area contributed by atoms with E-state index in [-0.39, 0.29) is 24.8 Å². The second-order valence-electron chi connectivity index (χ2n) is 5.67. The molecule has 0 radical (unpaired) electrons. The minimum atomic E-state index is -0.563. The molecule has 0 aliphatic heterocycles. The number of carbonyl (C=O) groups is 2. The number of nitrogens with zero attached hydrogens (tertiary/aromatic N) is 3. The van der Waals surface area contributed by atoms with Crippen molar-refractivity contribution in [1.29, 1.82) is 0 Å². The summed E-state index contributed by atoms with van der Waals surface area (Å²) in [5, 5.41) is 9.20. The second-order valence-corrected chi connectivity index (χ2v) is 5.67. The van der Waals surface area contributed by atoms with Gasteiger partial charge in [-0.05, 0) is 32.9 Å². The van der Waals surface area contributed by atoms with Gasteiger partial charge >= 0.3 is 6.09 Å². The molecule has 0 atom stereocenters. The summed E-state index contributed by atoms with van der Waals surface area (Å²) in [5.74, 6) is -0.0552. The maximum atomic E-state index is 11.8. The summed E-state index contributed by atoms with van der Waals surface area (Å²) >= 11 is 0. The molecule has 0 spiro atoms. The normalized spacial score (nSPS) is 11.2. The van der Waals surface area contributed by atoms with Gasteiger partial charge in [0.15, 0.2) is 5.65 Å². The largest absolute Gasteiger partial charge is 0.444 e. The van der Waals surface area contributed by atoms with Crippen LogP contribution in [-0.2, 0) is 9.53 Å². The molecule has 0 bridgehead atoms. The van der Waals surface area contributed by atoms with E-state index in [1.54, 1.807) is 37.5 Å². The quantitative estimate of drug-likeness (QED) is 0.893. The van der Waals surface area contributed by atoms with E-state index in [1.807, 2.05) is 12.1 Å². The monoisotopic (exact) mass is 305 g/mol. The Bertz CT molecular complexity index is 641. The third-order valence-electron chi connectivity index (χ3n) is 2.51. The molecular formula is C14H19N5O3. The number of hydrogen-bond acceptors (Lipinski definition) is 5. The molecule has 0 unspecified atom stereocenters. The molecule has 8 nitrogen and oxygen atoms in total. The maximum Gasteiger partial charge on any atom is 0.407 e. The van der Waals surface area contributed by atoms with Crippen LogP contribution in [0.2, 0.25) is 0 Å². The van der Waals surface area contributed by atoms with Crippen molar-refractivity contribution in [2.24, 2.45) is 0 Å². The van der Waals surface area contributed by atoms with Crippen LogP contribution in [-0.4, -0.2) is 38.7 Å². The van der Waals surface area contributed by atoms with Gasteiger partial charge in [-0.2, -0.15) is 4.98 Å². The number of amides is 2. The molecule has 0 aromatic carbocycles. The Morgan fingerprint density at radius 1 is 1.32 bits per heavy atom. The molecule has 8 heteroatoms. The number of aromatic nitrogens is 3. The summed E-state index contributed by atoms with van der Waals surface area (Å²) in [6, 6.07) is 5.44. The predicted molar refractivity (Wildman–Crippen MR) is 80.5 cm³/mol. The first-order valence-electron chi connectivity index (χ1n) is 6.91. The highest BCUT2D eigenvalue weighted by atomic mass is 16.6. The number of pyridine rings is 1. The summed E-state index contributed by atoms with van der Waals surface area (Å²) in [4.78, 5) is 27.3. The molecule has 22 heavy (non-hydrogen) atoms. The number of anilines is 1. The van der Waals surface area contributed by atoms with Crippen molar-refractivity contribution in [2.45, 2.75) is 32.8 Å². The summed E-state index contributed by atoms with van der Waals surface area (Å²) in [7, 11) is 0. The Balaban J connectivity index is 1.77. The first-order valence-corrected chi connectivity index (χ1v) is 6.91. The molecule has 0 saturated carbocycles. The Morgan fingerprint density at radius 3 is 2.77 bits per heavy atom. The number of nitrogens with one attached hydrogen (secondary N) is 2. The lowest BCUT2D eigenvalue weighted by Gasteiger charge is -2.19. The van der Waals surface area contributed by atoms with Gasteiger partial charge in [0, 0.05) is 19.2 Å². The molecular weight excluding hydrogens is 286 g/mol. The van der Waals surface area contributed by atoms with E-state index in [9.17, 15) is 9.59 Å². The summed E-state index contributed by atoms with van der Waals surface area (Å²) in [5.41, 5.74) is 0.0805. The standard InChI is InChI=1S/C14H19N5O3/c1-14(2,3)22-13(21)15-8-7-11(20)17-12-16-10-6-4-5-9-19(10)18-12/h4-6,9H,7-8H2,1-3H3,(H,15,21)(H,17,18,20). The predicted octanol–water partition coefficient (Wildman–Crippen LogP) is 1.58. The first-order chi connectivity index (χ1) is 10.3. The van der Waals surface area contributed by atoms with Gasteiger partial charge < -0.3 is 10.1 Å². The zero-order valence-corrected chi connectivity index (χ0v) is 12.8. The Kier molecular flexibility index (Phi) is 4.59. The average Bonchev–Trinajstić information content (AvgIpc) is 2.78. The fourth-order valence-corrected chi connectivity index (χ4v) is 1.66. The fraction of sp³-hybridized carbons (Fsp3) is 0.429. The molecule has 0 saturated heterocycles. The molecule has 0 aliphatic rings. The van der Waals surface area contributed by atoms with Gasteiger partial charge in [0.25, 0.3) is 0 Å². The molecule has 118 valence electrons. The van der Waals surface area contributed by atoms with Crippen LogP contribution >= 0.6 is 0 Å². The third kappa shape index (κ3) is 4.72. The minimum absolute atomic E-state index is 0.106. The fourth-order valence-electron chi connectivity index (χ4n) is 1.66. The number of carbonyl (C=O) groups excluding carboxylic acids is 2. The van der Waals surface area contributed by atoms with E-state index in [0.29, 0.717) is 5.65 Å². The molecule has 2 aromatic rings. The van der Waals surface area contributed by atoms with Crippen LogP contribution < -0.4 is 10.6 Å². The van der Waals surface area contributed by atoms with Crippen LogP contribution in [0, 0.1) is 0 Å². The molecule has 0 aliphatic carbocycles. The van der Waals surface area contributed by atoms with Gasteiger partial charge in [0.2, 0.25) is 11.9 Å². The van der Waals surface area contributed by atoms with Crippen LogP contribution in [0.4, 0.5) is 10.7 Å². The van der Waals surface area contributed by atoms with Crippen LogP contribution in [0.5, 0.6) is 0 Å². The Hall–Kier alpha value is -2.64. The number of ether oxygens (including phenoxy) is 1. The lowest BCUT2D eigenvalue weighted by atomic mass is 10.2. The van der Waals surface area contributed by atoms with E-state index in [1.165, 1.54) is 0 Å². The number of rotatable bonds is 4. The van der Waals surface area contributed by atoms with Crippen molar-refractivity contribution in [2.75, 3.05) is 11.9 Å². The summed E-state index contributed by atoms with van der Waals surface area (Å²) in [6.07, 6.45) is 1.29. The minimum Gasteiger partial charge on any atom is -0.444 e. The molecule has 2 aromatic heterocycles. The summed E-state index contributed by atoms with van der Waals surface area (Å²) in [6.45, 7) is 5.49. The van der Waals surface area contributed by atoms with E-state index in [0.717, 1.165) is 0 Å². The van der Waals surface area contributed by atoms with E-state index in [2.05, 4.69) is 20.7 Å². The van der Waals surface area contributed by atoms with Crippen LogP contribution in [0.15, 0.2) is 24.4 Å². The van der Waals surface area contributed by atoms with Crippen molar-refractivity contribution in [1.82, 2.24) is 19.9 Å². The molecule has 2 N–H and O–H groups in total. The SMILES string of the molecule is CC(C)(C)OC(=O)NCCC(=O)Nc1nc2ccccn2n1. The zero-order chi connectivity index (χ0) is 16.2. The van der Waals surface area contributed by atoms with Gasteiger partial charge in [-0.1, -0.05) is 6.07 Å². The Labute approximate surface area is 127 Å². The molecule has 0 fully saturated rings. The van der Waals surface area contributed by atoms with E-state index >= 15 is 0 Å². The smallest absolute Gasteiger partial charge is 0.407 e. The van der Waals surface area contributed by atoms with Crippen molar-refractivity contribution in [3.63, 3.8) is 0 Å². The number of hydrogen-bond donors (Lipinski definition) is 2. The summed E-state index contributed by atoms with van der Waals surface area (Å²) < 4.78 is 6.63. The van der Waals surface area contributed by atoms with Crippen LogP contribution in [0.3, 0.4) is 0 Å². The lowest BCUT2D eigenvalue weighted by molar-refractivity contribution is -0.116.